The van der Waals surface area contributed by atoms with Crippen LogP contribution in [-0.2, 0) is 14.6 Å². The average molecular weight is 320 g/mol. The molecule has 126 valence electrons. The minimum Gasteiger partial charge on any atom is -0.480 e. The zero-order valence-electron chi connectivity index (χ0n) is 13.6. The van der Waals surface area contributed by atoms with Gasteiger partial charge in [0.2, 0.25) is 0 Å². The topological polar surface area (TPSA) is 71.4 Å². The van der Waals surface area contributed by atoms with Gasteiger partial charge in [-0.2, -0.15) is 0 Å². The van der Waals surface area contributed by atoms with Gasteiger partial charge in [-0.25, -0.2) is 8.42 Å². The van der Waals surface area contributed by atoms with E-state index in [2.05, 4.69) is 6.92 Å². The summed E-state index contributed by atoms with van der Waals surface area (Å²) in [6, 6.07) is 0. The molecule has 0 radical (unpaired) electrons. The molecule has 0 amide bonds. The van der Waals surface area contributed by atoms with Crippen LogP contribution in [0.1, 0.15) is 84.5 Å². The van der Waals surface area contributed by atoms with Crippen molar-refractivity contribution >= 4 is 15.8 Å². The van der Waals surface area contributed by atoms with Gasteiger partial charge in [0.1, 0.15) is 0 Å². The van der Waals surface area contributed by atoms with Crippen LogP contribution >= 0.6 is 0 Å². The maximum Gasteiger partial charge on any atom is 0.321 e. The van der Waals surface area contributed by atoms with Crippen molar-refractivity contribution in [3.8, 4) is 0 Å². The van der Waals surface area contributed by atoms with Gasteiger partial charge in [0.25, 0.3) is 0 Å². The number of hydrogen-bond acceptors (Lipinski definition) is 3. The number of carboxylic acids is 1. The molecule has 0 fully saturated rings. The number of carboxylic acid groups (broad SMARTS) is 1. The lowest BCUT2D eigenvalue weighted by Crippen LogP contribution is -2.31. The third-order valence-electron chi connectivity index (χ3n) is 3.86. The first-order chi connectivity index (χ1) is 9.95. The highest BCUT2D eigenvalue weighted by molar-refractivity contribution is 7.92. The molecule has 0 aromatic rings. The predicted molar refractivity (Wildman–Crippen MR) is 87.3 cm³/mol. The Morgan fingerprint density at radius 1 is 0.857 bits per heavy atom. The van der Waals surface area contributed by atoms with Crippen LogP contribution in [0.5, 0.6) is 0 Å². The average Bonchev–Trinajstić information content (AvgIpc) is 2.40. The van der Waals surface area contributed by atoms with E-state index in [-0.39, 0.29) is 12.2 Å². The Morgan fingerprint density at radius 2 is 1.29 bits per heavy atom. The molecule has 4 nitrogen and oxygen atoms in total. The summed E-state index contributed by atoms with van der Waals surface area (Å²) in [5.74, 6) is -1.21. The summed E-state index contributed by atoms with van der Waals surface area (Å²) in [5, 5.41) is 7.67. The maximum atomic E-state index is 11.9. The van der Waals surface area contributed by atoms with Gasteiger partial charge < -0.3 is 5.11 Å². The lowest BCUT2D eigenvalue weighted by Gasteiger charge is -2.11. The predicted octanol–water partition coefficient (Wildman–Crippen LogP) is 4.19. The minimum absolute atomic E-state index is 0.00824. The number of unbranched alkanes of at least 4 members (excludes halogenated alkanes) is 9. The van der Waals surface area contributed by atoms with Crippen LogP contribution in [0.4, 0.5) is 0 Å². The summed E-state index contributed by atoms with van der Waals surface area (Å²) >= 11 is 0. The van der Waals surface area contributed by atoms with Crippen molar-refractivity contribution in [2.75, 3.05) is 5.75 Å². The summed E-state index contributed by atoms with van der Waals surface area (Å²) in [6.45, 7) is 3.82. The summed E-state index contributed by atoms with van der Waals surface area (Å²) in [4.78, 5) is 10.9. The molecule has 0 aliphatic rings. The first-order valence-electron chi connectivity index (χ1n) is 8.40. The molecule has 1 atom stereocenters. The SMILES string of the molecule is CCCCCCCCCCCCS(=O)(=O)C(CC)C(=O)O. The molecule has 1 N–H and O–H groups in total. The molecule has 5 heteroatoms. The Balaban J connectivity index is 3.64. The molecule has 0 saturated carbocycles. The molecule has 0 aromatic heterocycles. The van der Waals surface area contributed by atoms with Crippen LogP contribution in [0.2, 0.25) is 0 Å². The van der Waals surface area contributed by atoms with E-state index in [1.165, 1.54) is 38.5 Å². The zero-order valence-corrected chi connectivity index (χ0v) is 14.5. The fourth-order valence-corrected chi connectivity index (χ4v) is 4.22. The molecule has 0 heterocycles. The van der Waals surface area contributed by atoms with Crippen LogP contribution in [0, 0.1) is 0 Å². The van der Waals surface area contributed by atoms with Gasteiger partial charge in [-0.1, -0.05) is 71.6 Å². The smallest absolute Gasteiger partial charge is 0.321 e. The lowest BCUT2D eigenvalue weighted by atomic mass is 10.1. The molecular formula is C16H32O4S. The third-order valence-corrected chi connectivity index (χ3v) is 6.12. The van der Waals surface area contributed by atoms with Crippen LogP contribution in [-0.4, -0.2) is 30.5 Å². The molecular weight excluding hydrogens is 288 g/mol. The second-order valence-corrected chi connectivity index (χ2v) is 8.09. The van der Waals surface area contributed by atoms with E-state index in [1.54, 1.807) is 6.92 Å². The Morgan fingerprint density at radius 3 is 1.67 bits per heavy atom. The highest BCUT2D eigenvalue weighted by Crippen LogP contribution is 2.13. The third kappa shape index (κ3) is 9.88. The van der Waals surface area contributed by atoms with Crippen LogP contribution in [0.3, 0.4) is 0 Å². The fourth-order valence-electron chi connectivity index (χ4n) is 2.52. The van der Waals surface area contributed by atoms with Gasteiger partial charge in [-0.3, -0.25) is 4.79 Å². The molecule has 0 spiro atoms. The molecule has 0 bridgehead atoms. The van der Waals surface area contributed by atoms with Gasteiger partial charge in [0.15, 0.2) is 15.1 Å². The van der Waals surface area contributed by atoms with Crippen LogP contribution in [0.15, 0.2) is 0 Å². The minimum atomic E-state index is -3.48. The summed E-state index contributed by atoms with van der Waals surface area (Å²) in [6.07, 6.45) is 11.5. The summed E-state index contributed by atoms with van der Waals surface area (Å²) in [7, 11) is -3.48. The normalized spacial score (nSPS) is 13.2. The number of rotatable bonds is 14. The molecule has 1 unspecified atom stereocenters. The van der Waals surface area contributed by atoms with E-state index in [1.807, 2.05) is 0 Å². The van der Waals surface area contributed by atoms with Crippen molar-refractivity contribution in [3.05, 3.63) is 0 Å². The Labute approximate surface area is 130 Å². The first-order valence-corrected chi connectivity index (χ1v) is 10.1. The van der Waals surface area contributed by atoms with Crippen molar-refractivity contribution in [1.29, 1.82) is 0 Å². The van der Waals surface area contributed by atoms with E-state index in [4.69, 9.17) is 5.11 Å². The number of hydrogen-bond donors (Lipinski definition) is 1. The fraction of sp³-hybridized carbons (Fsp3) is 0.938. The van der Waals surface area contributed by atoms with Crippen LogP contribution in [0.25, 0.3) is 0 Å². The molecule has 21 heavy (non-hydrogen) atoms. The quantitative estimate of drug-likeness (QED) is 0.487. The molecule has 0 rings (SSSR count). The van der Waals surface area contributed by atoms with Crippen molar-refractivity contribution in [2.24, 2.45) is 0 Å². The maximum absolute atomic E-state index is 11.9. The van der Waals surface area contributed by atoms with Crippen molar-refractivity contribution in [3.63, 3.8) is 0 Å². The van der Waals surface area contributed by atoms with Crippen molar-refractivity contribution in [1.82, 2.24) is 0 Å². The van der Waals surface area contributed by atoms with Crippen molar-refractivity contribution in [2.45, 2.75) is 89.7 Å². The number of carbonyl (C=O) groups is 1. The zero-order chi connectivity index (χ0) is 16.1. The largest absolute Gasteiger partial charge is 0.480 e. The Hall–Kier alpha value is -0.580. The standard InChI is InChI=1S/C16H32O4S/c1-3-5-6-7-8-9-10-11-12-13-14-21(19,20)15(4-2)16(17)18/h15H,3-14H2,1-2H3,(H,17,18). The second-order valence-electron chi connectivity index (χ2n) is 5.78. The number of aliphatic carboxylic acids is 1. The second kappa shape index (κ2) is 12.0. The number of sulfone groups is 1. The Bertz CT molecular complexity index is 362. The van der Waals surface area contributed by atoms with E-state index in [9.17, 15) is 13.2 Å². The summed E-state index contributed by atoms with van der Waals surface area (Å²) in [5.41, 5.74) is 0. The molecule has 0 saturated heterocycles. The van der Waals surface area contributed by atoms with Crippen LogP contribution < -0.4 is 0 Å². The molecule has 0 aliphatic carbocycles. The van der Waals surface area contributed by atoms with Gasteiger partial charge in [0, 0.05) is 0 Å². The van der Waals surface area contributed by atoms with E-state index in [0.29, 0.717) is 6.42 Å². The van der Waals surface area contributed by atoms with E-state index in [0.717, 1.165) is 19.3 Å². The van der Waals surface area contributed by atoms with Gasteiger partial charge in [-0.05, 0) is 12.8 Å². The highest BCUT2D eigenvalue weighted by atomic mass is 32.2. The lowest BCUT2D eigenvalue weighted by molar-refractivity contribution is -0.136. The molecule has 0 aromatic carbocycles. The van der Waals surface area contributed by atoms with Gasteiger partial charge in [-0.15, -0.1) is 0 Å². The highest BCUT2D eigenvalue weighted by Gasteiger charge is 2.29. The van der Waals surface area contributed by atoms with Gasteiger partial charge in [0.05, 0.1) is 5.75 Å². The summed E-state index contributed by atoms with van der Waals surface area (Å²) < 4.78 is 23.7. The van der Waals surface area contributed by atoms with Crippen molar-refractivity contribution < 1.29 is 18.3 Å². The molecule has 0 aliphatic heterocycles. The monoisotopic (exact) mass is 320 g/mol. The van der Waals surface area contributed by atoms with E-state index < -0.39 is 21.1 Å². The Kier molecular flexibility index (Phi) is 11.7. The first kappa shape index (κ1) is 20.4. The van der Waals surface area contributed by atoms with E-state index >= 15 is 0 Å². The van der Waals surface area contributed by atoms with Gasteiger partial charge >= 0.3 is 5.97 Å².